The molecule has 0 aromatic heterocycles. The van der Waals surface area contributed by atoms with Gasteiger partial charge in [0.2, 0.25) is 0 Å². The Kier molecular flexibility index (Phi) is 4.69. The van der Waals surface area contributed by atoms with Crippen molar-refractivity contribution in [1.82, 2.24) is 0 Å². The van der Waals surface area contributed by atoms with Crippen LogP contribution in [0.4, 0.5) is 4.79 Å². The molecule has 0 aliphatic carbocycles. The molecule has 1 aromatic rings. The molecule has 76 valence electrons. The highest BCUT2D eigenvalue weighted by molar-refractivity contribution is 8.74. The third kappa shape index (κ3) is 3.93. The summed E-state index contributed by atoms with van der Waals surface area (Å²) in [7, 11) is 0.720. The van der Waals surface area contributed by atoms with E-state index in [1.54, 1.807) is 0 Å². The maximum atomic E-state index is 11.4. The summed E-state index contributed by atoms with van der Waals surface area (Å²) in [5.74, 6) is 0.362. The highest BCUT2D eigenvalue weighted by Gasteiger charge is 2.09. The van der Waals surface area contributed by atoms with Crippen LogP contribution in [0.25, 0.3) is 0 Å². The van der Waals surface area contributed by atoms with Crippen molar-refractivity contribution in [2.75, 3.05) is 7.11 Å². The second kappa shape index (κ2) is 5.82. The minimum atomic E-state index is -1.26. The number of carbonyl (C=O) groups is 1. The summed E-state index contributed by atoms with van der Waals surface area (Å²) in [6.07, 6.45) is 0. The number of ether oxygens (including phenoxy) is 1. The average molecular weight is 230 g/mol. The predicted octanol–water partition coefficient (Wildman–Crippen LogP) is 2.35. The fourth-order valence-electron chi connectivity index (χ4n) is 0.850. The van der Waals surface area contributed by atoms with Crippen molar-refractivity contribution in [3.63, 3.8) is 0 Å². The molecule has 0 spiro atoms. The first-order chi connectivity index (χ1) is 6.72. The van der Waals surface area contributed by atoms with Crippen LogP contribution in [0.1, 0.15) is 5.56 Å². The Morgan fingerprint density at radius 3 is 2.64 bits per heavy atom. The molecule has 0 heterocycles. The van der Waals surface area contributed by atoms with Gasteiger partial charge < -0.3 is 4.74 Å². The van der Waals surface area contributed by atoms with Crippen LogP contribution in [0.2, 0.25) is 0 Å². The lowest BCUT2D eigenvalue weighted by Crippen LogP contribution is -1.97. The van der Waals surface area contributed by atoms with Gasteiger partial charge in [-0.15, -0.1) is 0 Å². The predicted molar refractivity (Wildman–Crippen MR) is 58.3 cm³/mol. The Morgan fingerprint density at radius 1 is 1.43 bits per heavy atom. The quantitative estimate of drug-likeness (QED) is 0.590. The van der Waals surface area contributed by atoms with Gasteiger partial charge in [-0.2, -0.15) is 0 Å². The molecule has 1 unspecified atom stereocenters. The maximum Gasteiger partial charge on any atom is 0.380 e. The zero-order chi connectivity index (χ0) is 10.4. The molecule has 1 aromatic carbocycles. The summed E-state index contributed by atoms with van der Waals surface area (Å²) < 4.78 is 15.7. The van der Waals surface area contributed by atoms with Crippen LogP contribution in [0.5, 0.6) is 0 Å². The molecule has 0 bridgehead atoms. The topological polar surface area (TPSA) is 43.4 Å². The van der Waals surface area contributed by atoms with Gasteiger partial charge in [-0.3, -0.25) is 0 Å². The summed E-state index contributed by atoms with van der Waals surface area (Å²) >= 11 is 0. The maximum absolute atomic E-state index is 11.4. The van der Waals surface area contributed by atoms with Crippen molar-refractivity contribution in [2.24, 2.45) is 0 Å². The van der Waals surface area contributed by atoms with E-state index in [2.05, 4.69) is 4.74 Å². The molecular weight excluding hydrogens is 220 g/mol. The molecule has 0 amide bonds. The Hall–Kier alpha value is -0.810. The van der Waals surface area contributed by atoms with Crippen molar-refractivity contribution in [3.05, 3.63) is 35.9 Å². The van der Waals surface area contributed by atoms with Gasteiger partial charge in [0.25, 0.3) is 0 Å². The van der Waals surface area contributed by atoms with Gasteiger partial charge in [0.1, 0.15) is 0 Å². The molecule has 0 aliphatic heterocycles. The zero-order valence-corrected chi connectivity index (χ0v) is 9.27. The van der Waals surface area contributed by atoms with Crippen molar-refractivity contribution < 1.29 is 13.7 Å². The van der Waals surface area contributed by atoms with E-state index in [9.17, 15) is 9.00 Å². The molecule has 0 aliphatic rings. The van der Waals surface area contributed by atoms with Gasteiger partial charge in [0.05, 0.1) is 33.5 Å². The van der Waals surface area contributed by atoms with Crippen molar-refractivity contribution >= 4 is 25.9 Å². The van der Waals surface area contributed by atoms with Crippen LogP contribution in [0, 0.1) is 0 Å². The van der Waals surface area contributed by atoms with E-state index in [1.165, 1.54) is 7.11 Å². The van der Waals surface area contributed by atoms with Gasteiger partial charge in [-0.25, -0.2) is 9.00 Å². The monoisotopic (exact) mass is 230 g/mol. The SMILES string of the molecule is COC(=O)SS(=O)Cc1ccccc1. The summed E-state index contributed by atoms with van der Waals surface area (Å²) in [5, 5.41) is -0.515. The Bertz CT molecular complexity index is 324. The Labute approximate surface area is 88.7 Å². The zero-order valence-electron chi connectivity index (χ0n) is 7.64. The van der Waals surface area contributed by atoms with Crippen LogP contribution in [-0.4, -0.2) is 16.6 Å². The first-order valence-electron chi connectivity index (χ1n) is 3.91. The van der Waals surface area contributed by atoms with Gasteiger partial charge in [-0.05, 0) is 5.56 Å². The number of carbonyl (C=O) groups excluding carboxylic acids is 1. The molecule has 3 nitrogen and oxygen atoms in total. The summed E-state index contributed by atoms with van der Waals surface area (Å²) in [4.78, 5) is 10.8. The second-order valence-corrected chi connectivity index (χ2v) is 5.48. The van der Waals surface area contributed by atoms with E-state index >= 15 is 0 Å². The minimum absolute atomic E-state index is 0.362. The molecular formula is C9H10O3S2. The number of hydrogen-bond acceptors (Lipinski definition) is 4. The first-order valence-corrected chi connectivity index (χ1v) is 6.56. The molecule has 1 rings (SSSR count). The van der Waals surface area contributed by atoms with Gasteiger partial charge in [-0.1, -0.05) is 30.3 Å². The standard InChI is InChI=1S/C9H10O3S2/c1-12-9(10)13-14(11)7-8-5-3-2-4-6-8/h2-6H,7H2,1H3. The normalized spacial score (nSPS) is 12.1. The highest BCUT2D eigenvalue weighted by atomic mass is 33.1. The Balaban J connectivity index is 2.46. The number of rotatable bonds is 3. The van der Waals surface area contributed by atoms with E-state index in [0.717, 1.165) is 5.56 Å². The minimum Gasteiger partial charge on any atom is -0.460 e. The third-order valence-corrected chi connectivity index (χ3v) is 3.83. The second-order valence-electron chi connectivity index (χ2n) is 2.47. The van der Waals surface area contributed by atoms with E-state index in [-0.39, 0.29) is 0 Å². The van der Waals surface area contributed by atoms with E-state index < -0.39 is 15.1 Å². The third-order valence-electron chi connectivity index (χ3n) is 1.45. The van der Waals surface area contributed by atoms with Crippen LogP contribution >= 0.6 is 10.8 Å². The lowest BCUT2D eigenvalue weighted by atomic mass is 10.2. The molecule has 0 fully saturated rings. The molecule has 0 saturated heterocycles. The number of benzene rings is 1. The molecule has 0 N–H and O–H groups in total. The summed E-state index contributed by atoms with van der Waals surface area (Å²) in [6, 6.07) is 9.37. The Morgan fingerprint density at radius 2 is 2.07 bits per heavy atom. The smallest absolute Gasteiger partial charge is 0.380 e. The van der Waals surface area contributed by atoms with Crippen LogP contribution < -0.4 is 0 Å². The fourth-order valence-corrected chi connectivity index (χ4v) is 2.84. The number of methoxy groups -OCH3 is 1. The van der Waals surface area contributed by atoms with Gasteiger partial charge in [0.15, 0.2) is 0 Å². The van der Waals surface area contributed by atoms with E-state index in [4.69, 9.17) is 0 Å². The molecule has 0 radical (unpaired) electrons. The summed E-state index contributed by atoms with van der Waals surface area (Å²) in [5.41, 5.74) is 0.947. The van der Waals surface area contributed by atoms with Crippen LogP contribution in [0.15, 0.2) is 30.3 Å². The van der Waals surface area contributed by atoms with Crippen molar-refractivity contribution in [2.45, 2.75) is 5.75 Å². The van der Waals surface area contributed by atoms with Crippen LogP contribution in [0.3, 0.4) is 0 Å². The van der Waals surface area contributed by atoms with E-state index in [0.29, 0.717) is 16.5 Å². The first kappa shape index (κ1) is 11.3. The lowest BCUT2D eigenvalue weighted by Gasteiger charge is -1.99. The number of hydrogen-bond donors (Lipinski definition) is 0. The van der Waals surface area contributed by atoms with Crippen LogP contribution in [-0.2, 0) is 20.3 Å². The van der Waals surface area contributed by atoms with Crippen molar-refractivity contribution in [3.8, 4) is 0 Å². The molecule has 0 saturated carbocycles. The molecule has 14 heavy (non-hydrogen) atoms. The average Bonchev–Trinajstić information content (AvgIpc) is 2.19. The van der Waals surface area contributed by atoms with Gasteiger partial charge in [0, 0.05) is 0 Å². The molecule has 5 heteroatoms. The lowest BCUT2D eigenvalue weighted by molar-refractivity contribution is 0.200. The van der Waals surface area contributed by atoms with Crippen molar-refractivity contribution in [1.29, 1.82) is 0 Å². The summed E-state index contributed by atoms with van der Waals surface area (Å²) in [6.45, 7) is 0. The largest absolute Gasteiger partial charge is 0.460 e. The van der Waals surface area contributed by atoms with Gasteiger partial charge >= 0.3 is 5.30 Å². The van der Waals surface area contributed by atoms with E-state index in [1.807, 2.05) is 30.3 Å². The highest BCUT2D eigenvalue weighted by Crippen LogP contribution is 2.15. The fraction of sp³-hybridized carbons (Fsp3) is 0.222. The molecule has 1 atom stereocenters.